The third kappa shape index (κ3) is 4.52. The van der Waals surface area contributed by atoms with E-state index in [9.17, 15) is 9.59 Å². The highest BCUT2D eigenvalue weighted by molar-refractivity contribution is 6.34. The van der Waals surface area contributed by atoms with Crippen LogP contribution >= 0.6 is 11.6 Å². The molecule has 0 atom stereocenters. The van der Waals surface area contributed by atoms with Gasteiger partial charge in [-0.15, -0.1) is 10.2 Å². The van der Waals surface area contributed by atoms with Crippen LogP contribution in [0.15, 0.2) is 36.4 Å². The van der Waals surface area contributed by atoms with Gasteiger partial charge >= 0.3 is 0 Å². The molecule has 2 aromatic carbocycles. The van der Waals surface area contributed by atoms with Gasteiger partial charge < -0.3 is 10.6 Å². The minimum atomic E-state index is -0.253. The Hall–Kier alpha value is -3.26. The molecule has 8 nitrogen and oxygen atoms in total. The number of hydrogen-bond donors (Lipinski definition) is 2. The lowest BCUT2D eigenvalue weighted by Gasteiger charge is -2.09. The molecule has 0 unspecified atom stereocenters. The van der Waals surface area contributed by atoms with Crippen LogP contribution in [-0.4, -0.2) is 32.0 Å². The minimum Gasteiger partial charge on any atom is -0.325 e. The van der Waals surface area contributed by atoms with Gasteiger partial charge in [0.25, 0.3) is 0 Å². The lowest BCUT2D eigenvalue weighted by Crippen LogP contribution is -2.21. The van der Waals surface area contributed by atoms with E-state index in [2.05, 4.69) is 26.0 Å². The third-order valence-corrected chi connectivity index (χ3v) is 4.47. The second-order valence-corrected chi connectivity index (χ2v) is 6.72. The third-order valence-electron chi connectivity index (χ3n) is 4.15. The molecular formula is C19H19ClN6O2. The molecule has 0 radical (unpaired) electrons. The van der Waals surface area contributed by atoms with Crippen molar-refractivity contribution in [3.8, 4) is 11.4 Å². The number of hydrogen-bond acceptors (Lipinski definition) is 5. The molecule has 28 heavy (non-hydrogen) atoms. The number of tetrazole rings is 1. The van der Waals surface area contributed by atoms with E-state index in [1.54, 1.807) is 18.2 Å². The summed E-state index contributed by atoms with van der Waals surface area (Å²) in [5.41, 5.74) is 3.99. The van der Waals surface area contributed by atoms with Gasteiger partial charge in [0.2, 0.25) is 17.6 Å². The number of aryl methyl sites for hydroxylation is 1. The highest BCUT2D eigenvalue weighted by Crippen LogP contribution is 2.27. The zero-order valence-electron chi connectivity index (χ0n) is 15.7. The number of nitrogens with one attached hydrogen (secondary N) is 2. The van der Waals surface area contributed by atoms with Crippen LogP contribution < -0.4 is 10.6 Å². The van der Waals surface area contributed by atoms with Gasteiger partial charge in [-0.05, 0) is 54.5 Å². The Labute approximate surface area is 166 Å². The molecule has 0 spiro atoms. The van der Waals surface area contributed by atoms with Gasteiger partial charge in [0.15, 0.2) is 0 Å². The molecule has 3 rings (SSSR count). The van der Waals surface area contributed by atoms with Gasteiger partial charge in [0.05, 0.1) is 10.7 Å². The van der Waals surface area contributed by atoms with E-state index in [0.717, 1.165) is 16.8 Å². The number of rotatable bonds is 5. The predicted octanol–water partition coefficient (Wildman–Crippen LogP) is 3.21. The molecule has 0 saturated carbocycles. The van der Waals surface area contributed by atoms with Crippen LogP contribution in [0.25, 0.3) is 11.4 Å². The number of aromatic nitrogens is 4. The van der Waals surface area contributed by atoms with Gasteiger partial charge in [0, 0.05) is 18.2 Å². The predicted molar refractivity (Wildman–Crippen MR) is 107 cm³/mol. The molecule has 3 aromatic rings. The Morgan fingerprint density at radius 1 is 1.11 bits per heavy atom. The molecule has 144 valence electrons. The summed E-state index contributed by atoms with van der Waals surface area (Å²) in [6, 6.07) is 10.7. The smallest absolute Gasteiger partial charge is 0.248 e. The molecule has 0 bridgehead atoms. The Morgan fingerprint density at radius 3 is 2.61 bits per heavy atom. The molecule has 0 aliphatic rings. The lowest BCUT2D eigenvalue weighted by atomic mass is 10.1. The molecular weight excluding hydrogens is 380 g/mol. The fourth-order valence-electron chi connectivity index (χ4n) is 2.58. The number of carbonyl (C=O) groups excluding carboxylic acids is 2. The number of benzene rings is 2. The van der Waals surface area contributed by atoms with Crippen molar-refractivity contribution in [2.24, 2.45) is 0 Å². The average molecular weight is 399 g/mol. The summed E-state index contributed by atoms with van der Waals surface area (Å²) in [4.78, 5) is 24.7. The van der Waals surface area contributed by atoms with Crippen molar-refractivity contribution >= 4 is 34.8 Å². The molecule has 0 saturated heterocycles. The van der Waals surface area contributed by atoms with Crippen molar-refractivity contribution < 1.29 is 9.59 Å². The summed E-state index contributed by atoms with van der Waals surface area (Å²) >= 11 is 6.17. The minimum absolute atomic E-state index is 0.0713. The van der Waals surface area contributed by atoms with Gasteiger partial charge in [-0.25, -0.2) is 0 Å². The number of carbonyl (C=O) groups is 2. The van der Waals surface area contributed by atoms with Crippen LogP contribution in [0.5, 0.6) is 0 Å². The van der Waals surface area contributed by atoms with E-state index in [-0.39, 0.29) is 18.4 Å². The molecule has 0 aliphatic heterocycles. The zero-order valence-corrected chi connectivity index (χ0v) is 16.4. The summed E-state index contributed by atoms with van der Waals surface area (Å²) in [6.07, 6.45) is 0. The first-order valence-corrected chi connectivity index (χ1v) is 8.92. The summed E-state index contributed by atoms with van der Waals surface area (Å²) in [5, 5.41) is 17.9. The lowest BCUT2D eigenvalue weighted by molar-refractivity contribution is -0.117. The number of amides is 2. The fraction of sp³-hybridized carbons (Fsp3) is 0.211. The molecule has 9 heteroatoms. The molecule has 2 amide bonds. The van der Waals surface area contributed by atoms with Gasteiger partial charge in [-0.3, -0.25) is 9.59 Å². The topological polar surface area (TPSA) is 102 Å². The summed E-state index contributed by atoms with van der Waals surface area (Å²) in [5.74, 6) is -0.138. The maximum atomic E-state index is 12.3. The first-order valence-electron chi connectivity index (χ1n) is 8.55. The molecule has 0 aliphatic carbocycles. The summed E-state index contributed by atoms with van der Waals surface area (Å²) in [6.45, 7) is 5.27. The second-order valence-electron chi connectivity index (χ2n) is 6.31. The highest BCUT2D eigenvalue weighted by atomic mass is 35.5. The SMILES string of the molecule is CC(=O)Nc1ccc(-c2nnn(CC(=O)Nc3cccc(C)c3C)n2)cc1Cl. The Morgan fingerprint density at radius 2 is 1.89 bits per heavy atom. The maximum Gasteiger partial charge on any atom is 0.248 e. The van der Waals surface area contributed by atoms with Crippen LogP contribution in [0.3, 0.4) is 0 Å². The largest absolute Gasteiger partial charge is 0.325 e. The summed E-state index contributed by atoms with van der Waals surface area (Å²) in [7, 11) is 0. The zero-order chi connectivity index (χ0) is 20.3. The van der Waals surface area contributed by atoms with Crippen molar-refractivity contribution in [2.45, 2.75) is 27.3 Å². The van der Waals surface area contributed by atoms with E-state index in [0.29, 0.717) is 22.1 Å². The fourth-order valence-corrected chi connectivity index (χ4v) is 2.80. The Balaban J connectivity index is 1.70. The van der Waals surface area contributed by atoms with Crippen molar-refractivity contribution in [1.29, 1.82) is 0 Å². The molecule has 1 aromatic heterocycles. The average Bonchev–Trinajstić information content (AvgIpc) is 3.08. The van der Waals surface area contributed by atoms with Gasteiger partial charge in [0.1, 0.15) is 6.54 Å². The van der Waals surface area contributed by atoms with Crippen LogP contribution in [0.4, 0.5) is 11.4 Å². The van der Waals surface area contributed by atoms with Crippen molar-refractivity contribution in [2.75, 3.05) is 10.6 Å². The van der Waals surface area contributed by atoms with E-state index in [1.165, 1.54) is 11.7 Å². The first-order chi connectivity index (χ1) is 13.3. The molecule has 2 N–H and O–H groups in total. The monoisotopic (exact) mass is 398 g/mol. The van der Waals surface area contributed by atoms with E-state index in [1.807, 2.05) is 32.0 Å². The van der Waals surface area contributed by atoms with E-state index < -0.39 is 0 Å². The van der Waals surface area contributed by atoms with Crippen LogP contribution in [-0.2, 0) is 16.1 Å². The number of anilines is 2. The van der Waals surface area contributed by atoms with Crippen molar-refractivity contribution in [1.82, 2.24) is 20.2 Å². The van der Waals surface area contributed by atoms with Crippen LogP contribution in [0.2, 0.25) is 5.02 Å². The number of nitrogens with zero attached hydrogens (tertiary/aromatic N) is 4. The number of halogens is 1. The summed E-state index contributed by atoms with van der Waals surface area (Å²) < 4.78 is 0. The van der Waals surface area contributed by atoms with Crippen molar-refractivity contribution in [3.63, 3.8) is 0 Å². The second kappa shape index (κ2) is 8.18. The Bertz CT molecular complexity index is 1050. The van der Waals surface area contributed by atoms with E-state index in [4.69, 9.17) is 11.6 Å². The normalized spacial score (nSPS) is 10.6. The quantitative estimate of drug-likeness (QED) is 0.687. The van der Waals surface area contributed by atoms with Gasteiger partial charge in [-0.2, -0.15) is 4.80 Å². The maximum absolute atomic E-state index is 12.3. The highest BCUT2D eigenvalue weighted by Gasteiger charge is 2.12. The standard InChI is InChI=1S/C19H19ClN6O2/c1-11-5-4-6-16(12(11)2)22-18(28)10-26-24-19(23-25-26)14-7-8-17(15(20)9-14)21-13(3)27/h4-9H,10H2,1-3H3,(H,21,27)(H,22,28). The first kappa shape index (κ1) is 19.5. The molecule has 1 heterocycles. The van der Waals surface area contributed by atoms with Crippen LogP contribution in [0.1, 0.15) is 18.1 Å². The van der Waals surface area contributed by atoms with E-state index >= 15 is 0 Å². The molecule has 0 fully saturated rings. The van der Waals surface area contributed by atoms with Crippen LogP contribution in [0, 0.1) is 13.8 Å². The Kier molecular flexibility index (Phi) is 5.70. The van der Waals surface area contributed by atoms with Crippen molar-refractivity contribution in [3.05, 3.63) is 52.5 Å². The van der Waals surface area contributed by atoms with Gasteiger partial charge in [-0.1, -0.05) is 23.7 Å².